The highest BCUT2D eigenvalue weighted by atomic mass is 19.1. The number of nitrogens with zero attached hydrogens (tertiary/aromatic N) is 1. The Morgan fingerprint density at radius 1 is 1.18 bits per heavy atom. The van der Waals surface area contributed by atoms with E-state index in [2.05, 4.69) is 0 Å². The van der Waals surface area contributed by atoms with Crippen molar-refractivity contribution in [1.29, 1.82) is 0 Å². The van der Waals surface area contributed by atoms with E-state index in [4.69, 9.17) is 9.47 Å². The number of ketones is 1. The van der Waals surface area contributed by atoms with Gasteiger partial charge in [0.15, 0.2) is 24.0 Å². The summed E-state index contributed by atoms with van der Waals surface area (Å²) in [5.41, 5.74) is 1.44. The van der Waals surface area contributed by atoms with Crippen LogP contribution in [0.25, 0.3) is 0 Å². The zero-order valence-electron chi connectivity index (χ0n) is 15.4. The van der Waals surface area contributed by atoms with E-state index in [9.17, 15) is 18.8 Å². The van der Waals surface area contributed by atoms with Gasteiger partial charge in [0.05, 0.1) is 13.5 Å². The van der Waals surface area contributed by atoms with Gasteiger partial charge in [0.1, 0.15) is 0 Å². The van der Waals surface area contributed by atoms with Crippen molar-refractivity contribution in [3.63, 3.8) is 0 Å². The fourth-order valence-corrected chi connectivity index (χ4v) is 3.04. The number of anilines is 1. The van der Waals surface area contributed by atoms with Gasteiger partial charge >= 0.3 is 5.97 Å². The van der Waals surface area contributed by atoms with E-state index >= 15 is 0 Å². The summed E-state index contributed by atoms with van der Waals surface area (Å²) in [5, 5.41) is 0. The molecular weight excluding hydrogens is 365 g/mol. The van der Waals surface area contributed by atoms with Crippen molar-refractivity contribution >= 4 is 23.3 Å². The highest BCUT2D eigenvalue weighted by molar-refractivity contribution is 6.01. The van der Waals surface area contributed by atoms with Gasteiger partial charge in [-0.05, 0) is 36.2 Å². The molecule has 0 unspecified atom stereocenters. The normalized spacial score (nSPS) is 13.5. The number of methoxy groups -OCH3 is 1. The summed E-state index contributed by atoms with van der Waals surface area (Å²) in [4.78, 5) is 37.8. The van der Waals surface area contributed by atoms with Crippen LogP contribution >= 0.6 is 0 Å². The van der Waals surface area contributed by atoms with Crippen molar-refractivity contribution in [1.82, 2.24) is 0 Å². The molecule has 28 heavy (non-hydrogen) atoms. The van der Waals surface area contributed by atoms with Crippen LogP contribution in [0.2, 0.25) is 0 Å². The number of carbonyl (C=O) groups is 3. The van der Waals surface area contributed by atoms with Gasteiger partial charge in [0.2, 0.25) is 5.91 Å². The van der Waals surface area contributed by atoms with Crippen LogP contribution in [0.4, 0.5) is 10.1 Å². The topological polar surface area (TPSA) is 72.9 Å². The lowest BCUT2D eigenvalue weighted by Gasteiger charge is -2.16. The average Bonchev–Trinajstić information content (AvgIpc) is 3.12. The lowest BCUT2D eigenvalue weighted by atomic mass is 10.1. The van der Waals surface area contributed by atoms with Crippen LogP contribution in [-0.4, -0.2) is 37.9 Å². The third-order valence-corrected chi connectivity index (χ3v) is 4.48. The lowest BCUT2D eigenvalue weighted by molar-refractivity contribution is -0.141. The van der Waals surface area contributed by atoms with E-state index in [1.54, 1.807) is 35.2 Å². The quantitative estimate of drug-likeness (QED) is 0.541. The standard InChI is InChI=1S/C21H20FNO5/c1-27-19-8-7-14(10-17(19)22)11-21(26)28-13-18(24)15-4-2-5-16(12-15)23-9-3-6-20(23)25/h2,4-5,7-8,10,12H,3,6,9,11,13H2,1H3. The highest BCUT2D eigenvalue weighted by Gasteiger charge is 2.22. The Morgan fingerprint density at radius 2 is 2.00 bits per heavy atom. The molecule has 0 N–H and O–H groups in total. The van der Waals surface area contributed by atoms with Crippen LogP contribution in [0.3, 0.4) is 0 Å². The van der Waals surface area contributed by atoms with Crippen molar-refractivity contribution in [2.24, 2.45) is 0 Å². The van der Waals surface area contributed by atoms with Crippen LogP contribution in [0.15, 0.2) is 42.5 Å². The van der Waals surface area contributed by atoms with Gasteiger partial charge < -0.3 is 14.4 Å². The maximum atomic E-state index is 13.7. The van der Waals surface area contributed by atoms with Crippen molar-refractivity contribution in [3.8, 4) is 5.75 Å². The van der Waals surface area contributed by atoms with Crippen LogP contribution in [-0.2, 0) is 20.7 Å². The second-order valence-electron chi connectivity index (χ2n) is 6.43. The number of halogens is 1. The van der Waals surface area contributed by atoms with Gasteiger partial charge in [-0.1, -0.05) is 18.2 Å². The second-order valence-corrected chi connectivity index (χ2v) is 6.43. The van der Waals surface area contributed by atoms with E-state index < -0.39 is 18.4 Å². The first kappa shape index (κ1) is 19.5. The number of amides is 1. The maximum absolute atomic E-state index is 13.7. The predicted octanol–water partition coefficient (Wildman–Crippen LogP) is 2.93. The summed E-state index contributed by atoms with van der Waals surface area (Å²) < 4.78 is 23.5. The number of esters is 1. The van der Waals surface area contributed by atoms with Crippen molar-refractivity contribution in [2.45, 2.75) is 19.3 Å². The van der Waals surface area contributed by atoms with Crippen LogP contribution in [0.1, 0.15) is 28.8 Å². The van der Waals surface area contributed by atoms with Crippen LogP contribution in [0, 0.1) is 5.82 Å². The van der Waals surface area contributed by atoms with Crippen molar-refractivity contribution in [3.05, 3.63) is 59.4 Å². The molecule has 0 atom stereocenters. The Kier molecular flexibility index (Phi) is 6.03. The summed E-state index contributed by atoms with van der Waals surface area (Å²) in [6.45, 7) is 0.207. The van der Waals surface area contributed by atoms with Crippen molar-refractivity contribution < 1.29 is 28.2 Å². The van der Waals surface area contributed by atoms with E-state index in [0.29, 0.717) is 29.8 Å². The molecule has 7 heteroatoms. The molecule has 1 amide bonds. The molecule has 146 valence electrons. The molecule has 2 aromatic carbocycles. The molecule has 1 aliphatic rings. The van der Waals surface area contributed by atoms with E-state index in [1.165, 1.54) is 19.2 Å². The highest BCUT2D eigenvalue weighted by Crippen LogP contribution is 2.22. The van der Waals surface area contributed by atoms with Gasteiger partial charge in [-0.25, -0.2) is 4.39 Å². The summed E-state index contributed by atoms with van der Waals surface area (Å²) in [6, 6.07) is 10.9. The summed E-state index contributed by atoms with van der Waals surface area (Å²) in [5.74, 6) is -1.46. The Labute approximate surface area is 161 Å². The molecule has 0 bridgehead atoms. The number of benzene rings is 2. The molecule has 0 aliphatic carbocycles. The fraction of sp³-hybridized carbons (Fsp3) is 0.286. The Bertz CT molecular complexity index is 911. The van der Waals surface area contributed by atoms with Gasteiger partial charge in [0.25, 0.3) is 0 Å². The smallest absolute Gasteiger partial charge is 0.310 e. The van der Waals surface area contributed by atoms with Gasteiger partial charge in [-0.2, -0.15) is 0 Å². The minimum atomic E-state index is -0.635. The van der Waals surface area contributed by atoms with Crippen LogP contribution < -0.4 is 9.64 Å². The Morgan fingerprint density at radius 3 is 2.68 bits per heavy atom. The fourth-order valence-electron chi connectivity index (χ4n) is 3.04. The number of hydrogen-bond donors (Lipinski definition) is 0. The zero-order chi connectivity index (χ0) is 20.1. The van der Waals surface area contributed by atoms with Gasteiger partial charge in [-0.3, -0.25) is 14.4 Å². The second kappa shape index (κ2) is 8.65. The molecule has 2 aromatic rings. The maximum Gasteiger partial charge on any atom is 0.310 e. The first-order valence-electron chi connectivity index (χ1n) is 8.89. The molecule has 0 aromatic heterocycles. The molecule has 0 spiro atoms. The molecule has 1 fully saturated rings. The molecule has 6 nitrogen and oxygen atoms in total. The summed E-state index contributed by atoms with van der Waals surface area (Å²) in [6.07, 6.45) is 1.14. The molecular formula is C21H20FNO5. The third kappa shape index (κ3) is 4.54. The Balaban J connectivity index is 1.57. The number of Topliss-reactive ketones (excluding diaryl/α,β-unsaturated/α-hetero) is 1. The van der Waals surface area contributed by atoms with Gasteiger partial charge in [-0.15, -0.1) is 0 Å². The molecule has 1 saturated heterocycles. The summed E-state index contributed by atoms with van der Waals surface area (Å²) in [7, 11) is 1.35. The number of hydrogen-bond acceptors (Lipinski definition) is 5. The summed E-state index contributed by atoms with van der Waals surface area (Å²) >= 11 is 0. The minimum absolute atomic E-state index is 0.0303. The molecule has 1 heterocycles. The van der Waals surface area contributed by atoms with Gasteiger partial charge in [0, 0.05) is 24.2 Å². The van der Waals surface area contributed by atoms with E-state index in [1.807, 2.05) is 0 Å². The van der Waals surface area contributed by atoms with Crippen molar-refractivity contribution in [2.75, 3.05) is 25.2 Å². The molecule has 3 rings (SSSR count). The monoisotopic (exact) mass is 385 g/mol. The molecule has 1 aliphatic heterocycles. The first-order chi connectivity index (χ1) is 13.5. The number of rotatable bonds is 7. The number of ether oxygens (including phenoxy) is 2. The molecule has 0 radical (unpaired) electrons. The first-order valence-corrected chi connectivity index (χ1v) is 8.89. The molecule has 0 saturated carbocycles. The Hall–Kier alpha value is -3.22. The van der Waals surface area contributed by atoms with E-state index in [0.717, 1.165) is 6.42 Å². The predicted molar refractivity (Wildman–Crippen MR) is 100.0 cm³/mol. The van der Waals surface area contributed by atoms with Crippen LogP contribution in [0.5, 0.6) is 5.75 Å². The SMILES string of the molecule is COc1ccc(CC(=O)OCC(=O)c2cccc(N3CCCC3=O)c2)cc1F. The van der Waals surface area contributed by atoms with E-state index in [-0.39, 0.29) is 23.9 Å². The third-order valence-electron chi connectivity index (χ3n) is 4.48. The number of carbonyl (C=O) groups excluding carboxylic acids is 3. The minimum Gasteiger partial charge on any atom is -0.494 e. The average molecular weight is 385 g/mol. The zero-order valence-corrected chi connectivity index (χ0v) is 15.4. The lowest BCUT2D eigenvalue weighted by Crippen LogP contribution is -2.24. The largest absolute Gasteiger partial charge is 0.494 e.